The fourth-order valence-electron chi connectivity index (χ4n) is 3.19. The van der Waals surface area contributed by atoms with Gasteiger partial charge in [0.25, 0.3) is 5.91 Å². The van der Waals surface area contributed by atoms with Crippen LogP contribution >= 0.6 is 0 Å². The van der Waals surface area contributed by atoms with Gasteiger partial charge in [0, 0.05) is 38.4 Å². The molecule has 2 heterocycles. The molecular weight excluding hydrogens is 370 g/mol. The molecule has 1 saturated heterocycles. The number of ether oxygens (including phenoxy) is 1. The van der Waals surface area contributed by atoms with Crippen molar-refractivity contribution in [1.82, 2.24) is 20.2 Å². The number of hydrogen-bond acceptors (Lipinski definition) is 6. The van der Waals surface area contributed by atoms with Crippen molar-refractivity contribution in [1.29, 1.82) is 0 Å². The maximum absolute atomic E-state index is 12.6. The molecule has 0 bridgehead atoms. The highest BCUT2D eigenvalue weighted by Crippen LogP contribution is 2.14. The van der Waals surface area contributed by atoms with Gasteiger partial charge < -0.3 is 19.9 Å². The van der Waals surface area contributed by atoms with E-state index in [4.69, 9.17) is 4.74 Å². The van der Waals surface area contributed by atoms with Crippen molar-refractivity contribution in [3.8, 4) is 0 Å². The standard InChI is InChI=1S/C21H27N5O3/c1-4-29-21(28)26-11-9-25(10-12-26)20-23-16(3)13-18(24-20)19(27)22-14-17-8-6-5-7-15(17)2/h5-8,13H,4,9-12,14H2,1-3H3,(H,22,27). The van der Waals surface area contributed by atoms with Crippen molar-refractivity contribution in [2.24, 2.45) is 0 Å². The summed E-state index contributed by atoms with van der Waals surface area (Å²) in [5, 5.41) is 2.93. The minimum absolute atomic E-state index is 0.231. The molecule has 154 valence electrons. The SMILES string of the molecule is CCOC(=O)N1CCN(c2nc(C)cc(C(=O)NCc3ccccc3C)n2)CC1. The predicted octanol–water partition coefficient (Wildman–Crippen LogP) is 2.30. The molecular formula is C21H27N5O3. The first-order valence-electron chi connectivity index (χ1n) is 9.83. The van der Waals surface area contributed by atoms with Crippen molar-refractivity contribution in [2.45, 2.75) is 27.3 Å². The second-order valence-electron chi connectivity index (χ2n) is 6.98. The molecule has 1 aromatic carbocycles. The van der Waals surface area contributed by atoms with Gasteiger partial charge in [-0.3, -0.25) is 4.79 Å². The van der Waals surface area contributed by atoms with E-state index in [9.17, 15) is 9.59 Å². The van der Waals surface area contributed by atoms with Gasteiger partial charge in [-0.1, -0.05) is 24.3 Å². The molecule has 0 spiro atoms. The maximum Gasteiger partial charge on any atom is 0.409 e. The summed E-state index contributed by atoms with van der Waals surface area (Å²) in [5.74, 6) is 0.278. The minimum Gasteiger partial charge on any atom is -0.450 e. The molecule has 29 heavy (non-hydrogen) atoms. The van der Waals surface area contributed by atoms with Gasteiger partial charge in [0.2, 0.25) is 5.95 Å². The fourth-order valence-corrected chi connectivity index (χ4v) is 3.19. The third kappa shape index (κ3) is 5.22. The van der Waals surface area contributed by atoms with Crippen LogP contribution in [0.1, 0.15) is 34.2 Å². The zero-order chi connectivity index (χ0) is 20.8. The number of amides is 2. The lowest BCUT2D eigenvalue weighted by Crippen LogP contribution is -2.49. The zero-order valence-corrected chi connectivity index (χ0v) is 17.1. The Balaban J connectivity index is 1.64. The molecule has 1 aromatic heterocycles. The van der Waals surface area contributed by atoms with Crippen LogP contribution in [0.3, 0.4) is 0 Å². The second-order valence-corrected chi connectivity index (χ2v) is 6.98. The lowest BCUT2D eigenvalue weighted by molar-refractivity contribution is 0.0945. The number of piperazine rings is 1. The van der Waals surface area contributed by atoms with E-state index < -0.39 is 0 Å². The number of carbonyl (C=O) groups is 2. The molecule has 2 amide bonds. The summed E-state index contributed by atoms with van der Waals surface area (Å²) in [6.45, 7) is 8.71. The summed E-state index contributed by atoms with van der Waals surface area (Å²) in [6.07, 6.45) is -0.298. The Morgan fingerprint density at radius 1 is 1.10 bits per heavy atom. The molecule has 2 aromatic rings. The summed E-state index contributed by atoms with van der Waals surface area (Å²) in [4.78, 5) is 37.1. The van der Waals surface area contributed by atoms with Gasteiger partial charge in [-0.25, -0.2) is 14.8 Å². The largest absolute Gasteiger partial charge is 0.450 e. The molecule has 0 aliphatic carbocycles. The molecule has 8 heteroatoms. The van der Waals surface area contributed by atoms with Crippen LogP contribution in [0.4, 0.5) is 10.7 Å². The molecule has 3 rings (SSSR count). The molecule has 0 saturated carbocycles. The summed E-state index contributed by atoms with van der Waals surface area (Å²) in [7, 11) is 0. The van der Waals surface area contributed by atoms with Crippen LogP contribution < -0.4 is 10.2 Å². The van der Waals surface area contributed by atoms with Crippen molar-refractivity contribution in [2.75, 3.05) is 37.7 Å². The number of carbonyl (C=O) groups excluding carboxylic acids is 2. The van der Waals surface area contributed by atoms with E-state index in [1.54, 1.807) is 17.9 Å². The molecule has 0 atom stereocenters. The van der Waals surface area contributed by atoms with Crippen LogP contribution in [0.2, 0.25) is 0 Å². The van der Waals surface area contributed by atoms with Gasteiger partial charge in [0.05, 0.1) is 6.61 Å². The average Bonchev–Trinajstić information content (AvgIpc) is 2.73. The zero-order valence-electron chi connectivity index (χ0n) is 17.1. The molecule has 1 N–H and O–H groups in total. The Kier molecular flexibility index (Phi) is 6.64. The van der Waals surface area contributed by atoms with Crippen molar-refractivity contribution in [3.63, 3.8) is 0 Å². The van der Waals surface area contributed by atoms with Crippen molar-refractivity contribution >= 4 is 17.9 Å². The van der Waals surface area contributed by atoms with Crippen LogP contribution in [0.25, 0.3) is 0 Å². The second kappa shape index (κ2) is 9.36. The minimum atomic E-state index is -0.298. The number of benzene rings is 1. The number of hydrogen-bond donors (Lipinski definition) is 1. The Hall–Kier alpha value is -3.16. The molecule has 1 fully saturated rings. The fraction of sp³-hybridized carbons (Fsp3) is 0.429. The summed E-state index contributed by atoms with van der Waals surface area (Å²) in [6, 6.07) is 9.63. The Labute approximate surface area is 170 Å². The molecule has 8 nitrogen and oxygen atoms in total. The first kappa shape index (κ1) is 20.6. The van der Waals surface area contributed by atoms with Gasteiger partial charge >= 0.3 is 6.09 Å². The van der Waals surface area contributed by atoms with E-state index in [1.807, 2.05) is 43.0 Å². The van der Waals surface area contributed by atoms with E-state index in [2.05, 4.69) is 15.3 Å². The van der Waals surface area contributed by atoms with Crippen molar-refractivity contribution < 1.29 is 14.3 Å². The van der Waals surface area contributed by atoms with E-state index in [1.165, 1.54) is 0 Å². The van der Waals surface area contributed by atoms with E-state index in [0.717, 1.165) is 16.8 Å². The van der Waals surface area contributed by atoms with Crippen LogP contribution in [0, 0.1) is 13.8 Å². The summed E-state index contributed by atoms with van der Waals surface area (Å²) < 4.78 is 5.05. The lowest BCUT2D eigenvalue weighted by atomic mass is 10.1. The topological polar surface area (TPSA) is 87.7 Å². The third-order valence-electron chi connectivity index (χ3n) is 4.86. The van der Waals surface area contributed by atoms with Crippen LogP contribution in [-0.4, -0.2) is 59.7 Å². The smallest absolute Gasteiger partial charge is 0.409 e. The highest BCUT2D eigenvalue weighted by molar-refractivity contribution is 5.92. The number of nitrogens with one attached hydrogen (secondary N) is 1. The summed E-state index contributed by atoms with van der Waals surface area (Å²) in [5.41, 5.74) is 3.27. The maximum atomic E-state index is 12.6. The first-order valence-corrected chi connectivity index (χ1v) is 9.83. The van der Waals surface area contributed by atoms with Gasteiger partial charge in [-0.2, -0.15) is 0 Å². The molecule has 0 radical (unpaired) electrons. The Bertz CT molecular complexity index is 878. The Morgan fingerprint density at radius 3 is 2.52 bits per heavy atom. The highest BCUT2D eigenvalue weighted by Gasteiger charge is 2.24. The van der Waals surface area contributed by atoms with E-state index in [0.29, 0.717) is 51.0 Å². The van der Waals surface area contributed by atoms with E-state index >= 15 is 0 Å². The van der Waals surface area contributed by atoms with Crippen LogP contribution in [0.5, 0.6) is 0 Å². The third-order valence-corrected chi connectivity index (χ3v) is 4.86. The van der Waals surface area contributed by atoms with Gasteiger partial charge in [0.15, 0.2) is 0 Å². The number of anilines is 1. The van der Waals surface area contributed by atoms with E-state index in [-0.39, 0.29) is 12.0 Å². The Morgan fingerprint density at radius 2 is 1.83 bits per heavy atom. The number of rotatable bonds is 5. The number of nitrogens with zero attached hydrogens (tertiary/aromatic N) is 4. The van der Waals surface area contributed by atoms with Gasteiger partial charge in [-0.05, 0) is 38.0 Å². The van der Waals surface area contributed by atoms with Crippen LogP contribution in [0.15, 0.2) is 30.3 Å². The number of aromatic nitrogens is 2. The highest BCUT2D eigenvalue weighted by atomic mass is 16.6. The van der Waals surface area contributed by atoms with Gasteiger partial charge in [0.1, 0.15) is 5.69 Å². The monoisotopic (exact) mass is 397 g/mol. The van der Waals surface area contributed by atoms with Gasteiger partial charge in [-0.15, -0.1) is 0 Å². The van der Waals surface area contributed by atoms with Crippen molar-refractivity contribution in [3.05, 3.63) is 52.8 Å². The predicted molar refractivity (Wildman–Crippen MR) is 110 cm³/mol. The molecule has 0 unspecified atom stereocenters. The normalized spacial score (nSPS) is 13.9. The molecule has 1 aliphatic rings. The number of aryl methyl sites for hydroxylation is 2. The quantitative estimate of drug-likeness (QED) is 0.833. The average molecular weight is 397 g/mol. The van der Waals surface area contributed by atoms with Crippen LogP contribution in [-0.2, 0) is 11.3 Å². The first-order chi connectivity index (χ1) is 14.0. The molecule has 1 aliphatic heterocycles. The lowest BCUT2D eigenvalue weighted by Gasteiger charge is -2.34. The summed E-state index contributed by atoms with van der Waals surface area (Å²) >= 11 is 0.